The molecular formula is C16H20N6O. The maximum Gasteiger partial charge on any atom is 0.272 e. The van der Waals surface area contributed by atoms with E-state index in [0.29, 0.717) is 5.69 Å². The quantitative estimate of drug-likeness (QED) is 0.903. The lowest BCUT2D eigenvalue weighted by atomic mass is 9.95. The van der Waals surface area contributed by atoms with Crippen molar-refractivity contribution in [3.05, 3.63) is 35.5 Å². The van der Waals surface area contributed by atoms with E-state index in [9.17, 15) is 4.79 Å². The molecule has 3 heterocycles. The van der Waals surface area contributed by atoms with Gasteiger partial charge in [0.2, 0.25) is 0 Å². The third-order valence-corrected chi connectivity index (χ3v) is 4.56. The molecule has 0 aromatic carbocycles. The van der Waals surface area contributed by atoms with E-state index in [-0.39, 0.29) is 11.9 Å². The van der Waals surface area contributed by atoms with E-state index in [4.69, 9.17) is 0 Å². The summed E-state index contributed by atoms with van der Waals surface area (Å²) in [6, 6.07) is 1.88. The van der Waals surface area contributed by atoms with Crippen LogP contribution >= 0.6 is 0 Å². The molecule has 7 heteroatoms. The van der Waals surface area contributed by atoms with E-state index in [1.807, 2.05) is 0 Å². The van der Waals surface area contributed by atoms with Crippen molar-refractivity contribution in [3.63, 3.8) is 0 Å². The lowest BCUT2D eigenvalue weighted by molar-refractivity contribution is 0.0924. The molecule has 4 rings (SSSR count). The predicted molar refractivity (Wildman–Crippen MR) is 85.3 cm³/mol. The predicted octanol–water partition coefficient (Wildman–Crippen LogP) is 0.707. The number of aryl methyl sites for hydroxylation is 2. The molecule has 23 heavy (non-hydrogen) atoms. The molecule has 1 fully saturated rings. The number of hydrogen-bond acceptors (Lipinski definition) is 5. The highest BCUT2D eigenvalue weighted by atomic mass is 16.2. The first-order chi connectivity index (χ1) is 11.2. The summed E-state index contributed by atoms with van der Waals surface area (Å²) in [6.07, 6.45) is 7.98. The number of carbonyl (C=O) groups excluding carboxylic acids is 1. The van der Waals surface area contributed by atoms with Crippen molar-refractivity contribution in [1.29, 1.82) is 0 Å². The molecule has 1 amide bonds. The molecule has 1 aliphatic heterocycles. The van der Waals surface area contributed by atoms with Gasteiger partial charge in [-0.3, -0.25) is 9.48 Å². The number of anilines is 1. The Bertz CT molecular complexity index is 734. The fourth-order valence-electron chi connectivity index (χ4n) is 3.31. The van der Waals surface area contributed by atoms with Crippen molar-refractivity contribution < 1.29 is 4.79 Å². The molecule has 0 bridgehead atoms. The van der Waals surface area contributed by atoms with Crippen molar-refractivity contribution in [2.45, 2.75) is 31.7 Å². The van der Waals surface area contributed by atoms with Crippen molar-refractivity contribution in [1.82, 2.24) is 25.1 Å². The Morgan fingerprint density at radius 2 is 2.09 bits per heavy atom. The minimum atomic E-state index is -0.111. The van der Waals surface area contributed by atoms with Crippen molar-refractivity contribution >= 4 is 11.7 Å². The molecule has 2 aliphatic rings. The van der Waals surface area contributed by atoms with Gasteiger partial charge < -0.3 is 10.2 Å². The zero-order valence-corrected chi connectivity index (χ0v) is 13.2. The molecule has 1 saturated heterocycles. The van der Waals surface area contributed by atoms with Gasteiger partial charge in [-0.25, -0.2) is 9.97 Å². The third kappa shape index (κ3) is 2.67. The van der Waals surface area contributed by atoms with Crippen LogP contribution in [0.5, 0.6) is 0 Å². The van der Waals surface area contributed by atoms with Crippen LogP contribution in [0.1, 0.15) is 34.6 Å². The summed E-state index contributed by atoms with van der Waals surface area (Å²) in [7, 11) is 1.81. The lowest BCUT2D eigenvalue weighted by Gasteiger charge is -2.41. The van der Waals surface area contributed by atoms with Gasteiger partial charge >= 0.3 is 0 Å². The van der Waals surface area contributed by atoms with Gasteiger partial charge in [0.15, 0.2) is 0 Å². The van der Waals surface area contributed by atoms with Gasteiger partial charge in [-0.2, -0.15) is 5.10 Å². The molecule has 1 aliphatic carbocycles. The average molecular weight is 312 g/mol. The summed E-state index contributed by atoms with van der Waals surface area (Å²) in [5.41, 5.74) is 2.96. The highest BCUT2D eigenvalue weighted by Crippen LogP contribution is 2.29. The Labute approximate surface area is 134 Å². The Morgan fingerprint density at radius 1 is 1.26 bits per heavy atom. The summed E-state index contributed by atoms with van der Waals surface area (Å²) in [5.74, 6) is 0.943. The standard InChI is InChI=1S/C16H20N6O/c1-21-7-6-14(20-21)16(23)19-11-8-22(9-11)15-12-4-2-3-5-13(12)17-10-18-15/h6-7,10-11H,2-5,8-9H2,1H3,(H,19,23). The van der Waals surface area contributed by atoms with Crippen molar-refractivity contribution in [2.24, 2.45) is 7.05 Å². The van der Waals surface area contributed by atoms with E-state index >= 15 is 0 Å². The van der Waals surface area contributed by atoms with Gasteiger partial charge in [-0.05, 0) is 31.7 Å². The molecule has 2 aromatic rings. The molecule has 120 valence electrons. The number of fused-ring (bicyclic) bond motifs is 1. The molecule has 0 unspecified atom stereocenters. The van der Waals surface area contributed by atoms with E-state index in [0.717, 1.165) is 31.7 Å². The molecule has 0 radical (unpaired) electrons. The summed E-state index contributed by atoms with van der Waals surface area (Å²) in [5, 5.41) is 7.15. The maximum atomic E-state index is 12.1. The van der Waals surface area contributed by atoms with Crippen LogP contribution in [0.4, 0.5) is 5.82 Å². The van der Waals surface area contributed by atoms with Crippen LogP contribution in [0.15, 0.2) is 18.6 Å². The summed E-state index contributed by atoms with van der Waals surface area (Å²) < 4.78 is 1.63. The first-order valence-corrected chi connectivity index (χ1v) is 8.09. The van der Waals surface area contributed by atoms with Crippen LogP contribution in [0, 0.1) is 0 Å². The number of rotatable bonds is 3. The van der Waals surface area contributed by atoms with Crippen molar-refractivity contribution in [2.75, 3.05) is 18.0 Å². The summed E-state index contributed by atoms with van der Waals surface area (Å²) in [6.45, 7) is 1.59. The number of hydrogen-bond donors (Lipinski definition) is 1. The van der Waals surface area contributed by atoms with E-state index < -0.39 is 0 Å². The topological polar surface area (TPSA) is 75.9 Å². The number of carbonyl (C=O) groups is 1. The van der Waals surface area contributed by atoms with Crippen LogP contribution < -0.4 is 10.2 Å². The Kier molecular flexibility index (Phi) is 3.48. The summed E-state index contributed by atoms with van der Waals surface area (Å²) in [4.78, 5) is 23.2. The van der Waals surface area contributed by atoms with Crippen LogP contribution in [0.3, 0.4) is 0 Å². The highest BCUT2D eigenvalue weighted by molar-refractivity contribution is 5.92. The molecule has 2 aromatic heterocycles. The second-order valence-corrected chi connectivity index (χ2v) is 6.28. The van der Waals surface area contributed by atoms with Gasteiger partial charge in [0.1, 0.15) is 17.8 Å². The Balaban J connectivity index is 1.39. The van der Waals surface area contributed by atoms with E-state index in [2.05, 4.69) is 25.3 Å². The highest BCUT2D eigenvalue weighted by Gasteiger charge is 2.32. The Morgan fingerprint density at radius 3 is 2.87 bits per heavy atom. The Hall–Kier alpha value is -2.44. The average Bonchev–Trinajstić information content (AvgIpc) is 2.96. The minimum Gasteiger partial charge on any atom is -0.352 e. The third-order valence-electron chi connectivity index (χ3n) is 4.56. The number of nitrogens with zero attached hydrogens (tertiary/aromatic N) is 5. The normalized spacial score (nSPS) is 17.5. The zero-order chi connectivity index (χ0) is 15.8. The van der Waals surface area contributed by atoms with Crippen molar-refractivity contribution in [3.8, 4) is 0 Å². The summed E-state index contributed by atoms with van der Waals surface area (Å²) >= 11 is 0. The van der Waals surface area contributed by atoms with Gasteiger partial charge in [-0.15, -0.1) is 0 Å². The number of aromatic nitrogens is 4. The SMILES string of the molecule is Cn1ccc(C(=O)NC2CN(c3ncnc4c3CCCC4)C2)n1. The van der Waals surface area contributed by atoms with Gasteiger partial charge in [-0.1, -0.05) is 0 Å². The van der Waals surface area contributed by atoms with Gasteiger partial charge in [0.05, 0.1) is 6.04 Å². The second-order valence-electron chi connectivity index (χ2n) is 6.28. The van der Waals surface area contributed by atoms with Gasteiger partial charge in [0, 0.05) is 37.6 Å². The fraction of sp³-hybridized carbons (Fsp3) is 0.500. The maximum absolute atomic E-state index is 12.1. The van der Waals surface area contributed by atoms with Gasteiger partial charge in [0.25, 0.3) is 5.91 Å². The zero-order valence-electron chi connectivity index (χ0n) is 13.2. The first kappa shape index (κ1) is 14.2. The van der Waals surface area contributed by atoms with Crippen LogP contribution in [0.2, 0.25) is 0 Å². The minimum absolute atomic E-state index is 0.111. The molecule has 0 saturated carbocycles. The smallest absolute Gasteiger partial charge is 0.272 e. The first-order valence-electron chi connectivity index (χ1n) is 8.09. The van der Waals surface area contributed by atoms with Crippen LogP contribution in [-0.2, 0) is 19.9 Å². The number of amides is 1. The van der Waals surface area contributed by atoms with E-state index in [1.165, 1.54) is 24.1 Å². The fourth-order valence-corrected chi connectivity index (χ4v) is 3.31. The van der Waals surface area contributed by atoms with Crippen LogP contribution in [-0.4, -0.2) is 44.8 Å². The molecule has 7 nitrogen and oxygen atoms in total. The van der Waals surface area contributed by atoms with Crippen LogP contribution in [0.25, 0.3) is 0 Å². The molecule has 0 spiro atoms. The largest absolute Gasteiger partial charge is 0.352 e. The second kappa shape index (κ2) is 5.64. The lowest BCUT2D eigenvalue weighted by Crippen LogP contribution is -2.60. The van der Waals surface area contributed by atoms with E-state index in [1.54, 1.807) is 30.3 Å². The molecule has 0 atom stereocenters. The molecule has 1 N–H and O–H groups in total. The monoisotopic (exact) mass is 312 g/mol. The molecular weight excluding hydrogens is 292 g/mol. The number of nitrogens with one attached hydrogen (secondary N) is 1.